The smallest absolute Gasteiger partial charge is 0.251 e. The Hall–Kier alpha value is -3.23. The predicted octanol–water partition coefficient (Wildman–Crippen LogP) is 2.43. The Morgan fingerprint density at radius 1 is 1.30 bits per heavy atom. The van der Waals surface area contributed by atoms with Crippen LogP contribution in [0.4, 0.5) is 5.69 Å². The van der Waals surface area contributed by atoms with Crippen molar-refractivity contribution in [1.82, 2.24) is 15.3 Å². The fourth-order valence-corrected chi connectivity index (χ4v) is 4.23. The minimum Gasteiger partial charge on any atom is -0.494 e. The molecule has 33 heavy (non-hydrogen) atoms. The molecule has 8 heteroatoms. The zero-order valence-electron chi connectivity index (χ0n) is 19.0. The van der Waals surface area contributed by atoms with Crippen LogP contribution in [0.5, 0.6) is 5.75 Å². The molecule has 1 aromatic carbocycles. The number of benzene rings is 1. The minimum absolute atomic E-state index is 0.178. The second-order valence-corrected chi connectivity index (χ2v) is 8.62. The summed E-state index contributed by atoms with van der Waals surface area (Å²) in [6, 6.07) is 10.9. The van der Waals surface area contributed by atoms with Crippen molar-refractivity contribution in [1.29, 1.82) is 0 Å². The summed E-state index contributed by atoms with van der Waals surface area (Å²) in [6.45, 7) is 4.53. The van der Waals surface area contributed by atoms with E-state index in [0.717, 1.165) is 41.7 Å². The largest absolute Gasteiger partial charge is 0.494 e. The number of carbonyl (C=O) groups excluding carboxylic acids is 1. The zero-order chi connectivity index (χ0) is 23.3. The van der Waals surface area contributed by atoms with Gasteiger partial charge in [0.2, 0.25) is 0 Å². The van der Waals surface area contributed by atoms with Gasteiger partial charge < -0.3 is 25.8 Å². The van der Waals surface area contributed by atoms with Crippen LogP contribution in [-0.2, 0) is 0 Å². The fraction of sp³-hybridized carbons (Fsp3) is 0.400. The first-order valence-electron chi connectivity index (χ1n) is 11.4. The molecule has 174 valence electrons. The summed E-state index contributed by atoms with van der Waals surface area (Å²) in [5, 5.41) is 15.2. The lowest BCUT2D eigenvalue weighted by atomic mass is 9.92. The number of hydrogen-bond donors (Lipinski definition) is 3. The second kappa shape index (κ2) is 10.1. The number of aliphatic hydroxyl groups is 1. The van der Waals surface area contributed by atoms with Crippen molar-refractivity contribution >= 4 is 22.5 Å². The molecule has 0 spiro atoms. The van der Waals surface area contributed by atoms with Crippen LogP contribution in [0.25, 0.3) is 10.9 Å². The number of β-amino-alcohol motifs (C(OH)–C–C–N with tert-alkyl or cyclic N) is 1. The molecule has 3 heterocycles. The summed E-state index contributed by atoms with van der Waals surface area (Å²) in [6.07, 6.45) is 5.78. The highest BCUT2D eigenvalue weighted by molar-refractivity contribution is 5.94. The molecule has 0 unspecified atom stereocenters. The molecular formula is C25H31N5O3. The summed E-state index contributed by atoms with van der Waals surface area (Å²) in [7, 11) is 0. The number of carbonyl (C=O) groups is 1. The van der Waals surface area contributed by atoms with Gasteiger partial charge in [0.15, 0.2) is 0 Å². The van der Waals surface area contributed by atoms with E-state index in [2.05, 4.69) is 20.2 Å². The van der Waals surface area contributed by atoms with Gasteiger partial charge in [-0.25, -0.2) is 0 Å². The average Bonchev–Trinajstić information content (AvgIpc) is 2.82. The Balaban J connectivity index is 1.40. The van der Waals surface area contributed by atoms with Crippen molar-refractivity contribution in [3.63, 3.8) is 0 Å². The van der Waals surface area contributed by atoms with Crippen molar-refractivity contribution in [2.75, 3.05) is 37.7 Å². The molecule has 2 aromatic heterocycles. The standard InChI is InChI=1S/C25H31N5O3/c1-18-14-23(21-15-27-11-8-22(21)29-18)30-12-2-9-25(32,17-30)16-28-24(31)19-4-6-20(7-5-19)33-13-3-10-26/h4-8,11,14-15,32H,2-3,9-10,12-13,16-17,26H2,1H3,(H,28,31)/t25-/m0/s1. The quantitative estimate of drug-likeness (QED) is 0.453. The Bertz CT molecular complexity index is 1100. The van der Waals surface area contributed by atoms with Crippen LogP contribution in [-0.4, -0.2) is 59.4 Å². The van der Waals surface area contributed by atoms with Crippen LogP contribution in [0.1, 0.15) is 35.3 Å². The van der Waals surface area contributed by atoms with E-state index in [1.165, 1.54) is 0 Å². The van der Waals surface area contributed by atoms with Crippen LogP contribution < -0.4 is 20.7 Å². The molecule has 8 nitrogen and oxygen atoms in total. The molecule has 1 aliphatic heterocycles. The zero-order valence-corrected chi connectivity index (χ0v) is 19.0. The molecule has 0 saturated carbocycles. The third kappa shape index (κ3) is 5.58. The maximum Gasteiger partial charge on any atom is 0.251 e. The maximum atomic E-state index is 12.7. The van der Waals surface area contributed by atoms with Gasteiger partial charge in [-0.15, -0.1) is 0 Å². The molecule has 0 bridgehead atoms. The molecular weight excluding hydrogens is 418 g/mol. The van der Waals surface area contributed by atoms with Gasteiger partial charge in [0.25, 0.3) is 5.91 Å². The van der Waals surface area contributed by atoms with Crippen molar-refractivity contribution in [3.8, 4) is 5.75 Å². The third-order valence-corrected chi connectivity index (χ3v) is 5.92. The van der Waals surface area contributed by atoms with E-state index in [0.29, 0.717) is 37.4 Å². The monoisotopic (exact) mass is 449 g/mol. The first kappa shape index (κ1) is 22.9. The molecule has 1 atom stereocenters. The van der Waals surface area contributed by atoms with Gasteiger partial charge in [-0.2, -0.15) is 0 Å². The number of nitrogens with one attached hydrogen (secondary N) is 1. The molecule has 4 N–H and O–H groups in total. The Morgan fingerprint density at radius 3 is 2.91 bits per heavy atom. The van der Waals surface area contributed by atoms with Crippen molar-refractivity contribution in [2.45, 2.75) is 31.8 Å². The Kier molecular flexibility index (Phi) is 7.05. The number of pyridine rings is 2. The highest BCUT2D eigenvalue weighted by Gasteiger charge is 2.34. The lowest BCUT2D eigenvalue weighted by Gasteiger charge is -2.41. The van der Waals surface area contributed by atoms with E-state index in [1.54, 1.807) is 30.5 Å². The van der Waals surface area contributed by atoms with E-state index in [4.69, 9.17) is 10.5 Å². The van der Waals surface area contributed by atoms with Crippen molar-refractivity contribution < 1.29 is 14.6 Å². The Labute approximate surface area is 193 Å². The average molecular weight is 450 g/mol. The maximum absolute atomic E-state index is 12.7. The second-order valence-electron chi connectivity index (χ2n) is 8.62. The summed E-state index contributed by atoms with van der Waals surface area (Å²) >= 11 is 0. The van der Waals surface area contributed by atoms with Crippen LogP contribution in [0.2, 0.25) is 0 Å². The molecule has 1 amide bonds. The van der Waals surface area contributed by atoms with Crippen molar-refractivity contribution in [3.05, 3.63) is 60.0 Å². The minimum atomic E-state index is -1.02. The summed E-state index contributed by atoms with van der Waals surface area (Å²) in [5.41, 5.74) is 7.80. The van der Waals surface area contributed by atoms with Crippen LogP contribution >= 0.6 is 0 Å². The number of aromatic nitrogens is 2. The predicted molar refractivity (Wildman–Crippen MR) is 129 cm³/mol. The Morgan fingerprint density at radius 2 is 2.12 bits per heavy atom. The van der Waals surface area contributed by atoms with E-state index >= 15 is 0 Å². The van der Waals surface area contributed by atoms with Crippen LogP contribution in [0.3, 0.4) is 0 Å². The van der Waals surface area contributed by atoms with Gasteiger partial charge in [0, 0.05) is 54.4 Å². The molecule has 1 fully saturated rings. The van der Waals surface area contributed by atoms with Gasteiger partial charge >= 0.3 is 0 Å². The highest BCUT2D eigenvalue weighted by atomic mass is 16.5. The molecule has 0 radical (unpaired) electrons. The number of piperidine rings is 1. The van der Waals surface area contributed by atoms with Gasteiger partial charge in [-0.05, 0) is 69.1 Å². The first-order chi connectivity index (χ1) is 16.0. The lowest BCUT2D eigenvalue weighted by molar-refractivity contribution is 0.0257. The molecule has 4 rings (SSSR count). The lowest BCUT2D eigenvalue weighted by Crippen LogP contribution is -2.54. The van der Waals surface area contributed by atoms with Crippen molar-refractivity contribution in [2.24, 2.45) is 5.73 Å². The van der Waals surface area contributed by atoms with E-state index in [-0.39, 0.29) is 12.5 Å². The number of rotatable bonds is 8. The SMILES string of the molecule is Cc1cc(N2CCC[C@](O)(CNC(=O)c3ccc(OCCCN)cc3)C2)c2cnccc2n1. The number of amides is 1. The number of aryl methyl sites for hydroxylation is 1. The molecule has 3 aromatic rings. The van der Waals surface area contributed by atoms with Crippen LogP contribution in [0.15, 0.2) is 48.8 Å². The topological polar surface area (TPSA) is 114 Å². The normalized spacial score (nSPS) is 18.3. The van der Waals surface area contributed by atoms with Gasteiger partial charge in [-0.3, -0.25) is 14.8 Å². The first-order valence-corrected chi connectivity index (χ1v) is 11.4. The number of hydrogen-bond acceptors (Lipinski definition) is 7. The third-order valence-electron chi connectivity index (χ3n) is 5.92. The van der Waals surface area contributed by atoms with Gasteiger partial charge in [0.05, 0.1) is 17.7 Å². The van der Waals surface area contributed by atoms with E-state index in [9.17, 15) is 9.90 Å². The number of nitrogens with two attached hydrogens (primary N) is 1. The fourth-order valence-electron chi connectivity index (χ4n) is 4.23. The number of fused-ring (bicyclic) bond motifs is 1. The molecule has 1 saturated heterocycles. The van der Waals surface area contributed by atoms with E-state index in [1.807, 2.05) is 25.3 Å². The highest BCUT2D eigenvalue weighted by Crippen LogP contribution is 2.31. The number of ether oxygens (including phenoxy) is 1. The van der Waals surface area contributed by atoms with Gasteiger partial charge in [0.1, 0.15) is 5.75 Å². The molecule has 1 aliphatic rings. The summed E-state index contributed by atoms with van der Waals surface area (Å²) < 4.78 is 5.58. The number of nitrogens with zero attached hydrogens (tertiary/aromatic N) is 3. The number of anilines is 1. The summed E-state index contributed by atoms with van der Waals surface area (Å²) in [4.78, 5) is 23.7. The van der Waals surface area contributed by atoms with Crippen LogP contribution in [0, 0.1) is 6.92 Å². The summed E-state index contributed by atoms with van der Waals surface area (Å²) in [5.74, 6) is 0.486. The van der Waals surface area contributed by atoms with Gasteiger partial charge in [-0.1, -0.05) is 0 Å². The molecule has 0 aliphatic carbocycles. The van der Waals surface area contributed by atoms with E-state index < -0.39 is 5.60 Å².